The fraction of sp³-hybridized carbons (Fsp3) is 0.192. The fourth-order valence-electron chi connectivity index (χ4n) is 3.43. The maximum absolute atomic E-state index is 13.0. The van der Waals surface area contributed by atoms with Crippen LogP contribution < -0.4 is 30.2 Å². The third-order valence-corrected chi connectivity index (χ3v) is 5.43. The van der Waals surface area contributed by atoms with E-state index in [9.17, 15) is 9.59 Å². The summed E-state index contributed by atoms with van der Waals surface area (Å²) < 4.78 is 15.9. The van der Waals surface area contributed by atoms with Gasteiger partial charge in [0.1, 0.15) is 0 Å². The van der Waals surface area contributed by atoms with Crippen LogP contribution in [-0.2, 0) is 0 Å². The summed E-state index contributed by atoms with van der Waals surface area (Å²) in [7, 11) is 4.41. The second kappa shape index (κ2) is 11.8. The first kappa shape index (κ1) is 25.5. The monoisotopic (exact) mass is 493 g/mol. The number of nitrogens with one attached hydrogen (secondary N) is 3. The molecule has 0 saturated carbocycles. The van der Waals surface area contributed by atoms with Crippen LogP contribution in [0, 0.1) is 0 Å². The molecular formula is C26H27N3O5S. The lowest BCUT2D eigenvalue weighted by atomic mass is 10.1. The Morgan fingerprint density at radius 2 is 1.43 bits per heavy atom. The summed E-state index contributed by atoms with van der Waals surface area (Å²) in [5, 5.41) is 8.56. The quantitative estimate of drug-likeness (QED) is 0.402. The van der Waals surface area contributed by atoms with Crippen molar-refractivity contribution >= 4 is 34.8 Å². The molecule has 9 heteroatoms. The Hall–Kier alpha value is -4.11. The Balaban J connectivity index is 1.72. The van der Waals surface area contributed by atoms with Crippen LogP contribution in [0.25, 0.3) is 0 Å². The molecule has 0 aliphatic carbocycles. The van der Waals surface area contributed by atoms with E-state index in [-0.39, 0.29) is 22.6 Å². The van der Waals surface area contributed by atoms with Crippen molar-refractivity contribution in [1.29, 1.82) is 0 Å². The molecule has 0 radical (unpaired) electrons. The first-order valence-electron chi connectivity index (χ1n) is 10.7. The molecule has 0 spiro atoms. The summed E-state index contributed by atoms with van der Waals surface area (Å²) in [5.74, 6) is 0.289. The molecular weight excluding hydrogens is 466 g/mol. The minimum Gasteiger partial charge on any atom is -0.493 e. The minimum absolute atomic E-state index is 0.0279. The molecule has 3 aromatic rings. The zero-order chi connectivity index (χ0) is 25.4. The van der Waals surface area contributed by atoms with Gasteiger partial charge in [0.2, 0.25) is 5.75 Å². The molecule has 3 rings (SSSR count). The lowest BCUT2D eigenvalue weighted by molar-refractivity contribution is 0.0939. The fourth-order valence-corrected chi connectivity index (χ4v) is 3.63. The Kier molecular flexibility index (Phi) is 8.63. The van der Waals surface area contributed by atoms with E-state index in [1.807, 2.05) is 37.3 Å². The number of carbonyl (C=O) groups is 2. The van der Waals surface area contributed by atoms with Gasteiger partial charge in [0.25, 0.3) is 11.8 Å². The molecule has 0 saturated heterocycles. The molecule has 1 atom stereocenters. The van der Waals surface area contributed by atoms with Crippen LogP contribution in [0.2, 0.25) is 0 Å². The van der Waals surface area contributed by atoms with E-state index < -0.39 is 5.91 Å². The number of thiocarbonyl (C=S) groups is 1. The number of rotatable bonds is 8. The number of methoxy groups -OCH3 is 3. The number of amides is 2. The van der Waals surface area contributed by atoms with Gasteiger partial charge in [0.05, 0.1) is 38.6 Å². The highest BCUT2D eigenvalue weighted by molar-refractivity contribution is 7.80. The van der Waals surface area contributed by atoms with Crippen LogP contribution in [0.4, 0.5) is 5.69 Å². The second-order valence-electron chi connectivity index (χ2n) is 7.47. The summed E-state index contributed by atoms with van der Waals surface area (Å²) in [6.07, 6.45) is 0. The van der Waals surface area contributed by atoms with E-state index in [0.29, 0.717) is 28.5 Å². The van der Waals surface area contributed by atoms with Crippen molar-refractivity contribution in [3.05, 3.63) is 83.4 Å². The molecule has 8 nitrogen and oxygen atoms in total. The minimum atomic E-state index is -0.485. The van der Waals surface area contributed by atoms with Gasteiger partial charge in [-0.25, -0.2) is 0 Å². The number of ether oxygens (including phenoxy) is 3. The summed E-state index contributed by atoms with van der Waals surface area (Å²) in [6, 6.07) is 19.4. The normalized spacial score (nSPS) is 11.1. The molecule has 0 bridgehead atoms. The van der Waals surface area contributed by atoms with Crippen LogP contribution in [-0.4, -0.2) is 38.3 Å². The Bertz CT molecular complexity index is 1190. The molecule has 2 amide bonds. The van der Waals surface area contributed by atoms with Gasteiger partial charge in [0, 0.05) is 5.56 Å². The van der Waals surface area contributed by atoms with Crippen molar-refractivity contribution in [1.82, 2.24) is 10.6 Å². The average Bonchev–Trinajstić information content (AvgIpc) is 2.88. The molecule has 0 heterocycles. The number of para-hydroxylation sites is 1. The largest absolute Gasteiger partial charge is 0.493 e. The van der Waals surface area contributed by atoms with E-state index >= 15 is 0 Å². The number of hydrogen-bond acceptors (Lipinski definition) is 6. The van der Waals surface area contributed by atoms with Gasteiger partial charge < -0.3 is 24.8 Å². The number of benzene rings is 3. The van der Waals surface area contributed by atoms with E-state index in [2.05, 4.69) is 16.0 Å². The Morgan fingerprint density at radius 1 is 0.829 bits per heavy atom. The maximum Gasteiger partial charge on any atom is 0.257 e. The van der Waals surface area contributed by atoms with Gasteiger partial charge in [-0.1, -0.05) is 42.5 Å². The number of anilines is 1. The van der Waals surface area contributed by atoms with Crippen LogP contribution in [0.3, 0.4) is 0 Å². The van der Waals surface area contributed by atoms with E-state index in [1.54, 1.807) is 24.3 Å². The molecule has 1 unspecified atom stereocenters. The molecule has 0 fully saturated rings. The Labute approximate surface area is 209 Å². The van der Waals surface area contributed by atoms with Crippen LogP contribution >= 0.6 is 12.2 Å². The Morgan fingerprint density at radius 3 is 2.03 bits per heavy atom. The summed E-state index contributed by atoms with van der Waals surface area (Å²) in [4.78, 5) is 25.8. The average molecular weight is 494 g/mol. The van der Waals surface area contributed by atoms with Gasteiger partial charge >= 0.3 is 0 Å². The number of hydrogen-bond donors (Lipinski definition) is 3. The second-order valence-corrected chi connectivity index (χ2v) is 7.88. The van der Waals surface area contributed by atoms with Crippen LogP contribution in [0.15, 0.2) is 66.7 Å². The lowest BCUT2D eigenvalue weighted by Gasteiger charge is -2.17. The van der Waals surface area contributed by atoms with Crippen molar-refractivity contribution in [2.75, 3.05) is 26.6 Å². The van der Waals surface area contributed by atoms with Gasteiger partial charge in [-0.05, 0) is 49.0 Å². The van der Waals surface area contributed by atoms with E-state index in [0.717, 1.165) is 5.56 Å². The van der Waals surface area contributed by atoms with Crippen LogP contribution in [0.5, 0.6) is 17.2 Å². The number of carbonyl (C=O) groups excluding carboxylic acids is 2. The molecule has 35 heavy (non-hydrogen) atoms. The predicted molar refractivity (Wildman–Crippen MR) is 139 cm³/mol. The van der Waals surface area contributed by atoms with Gasteiger partial charge in [-0.2, -0.15) is 0 Å². The third-order valence-electron chi connectivity index (χ3n) is 5.22. The zero-order valence-electron chi connectivity index (χ0n) is 19.9. The predicted octanol–water partition coefficient (Wildman–Crippen LogP) is 4.33. The van der Waals surface area contributed by atoms with Crippen molar-refractivity contribution < 1.29 is 23.8 Å². The highest BCUT2D eigenvalue weighted by Crippen LogP contribution is 2.38. The van der Waals surface area contributed by atoms with Crippen molar-refractivity contribution in [3.8, 4) is 17.2 Å². The van der Waals surface area contributed by atoms with Gasteiger partial charge in [-0.3, -0.25) is 14.9 Å². The standard InChI is InChI=1S/C26H27N3O5S/c1-16(17-10-6-5-7-11-17)27-25(31)19-12-8-9-13-20(19)28-26(35)29-24(30)18-14-21(32-2)23(34-4)22(15-18)33-3/h5-16H,1-4H3,(H,27,31)(H2,28,29,30,35). The molecule has 3 aromatic carbocycles. The first-order valence-corrected chi connectivity index (χ1v) is 11.2. The molecule has 182 valence electrons. The van der Waals surface area contributed by atoms with Gasteiger partial charge in [0.15, 0.2) is 16.6 Å². The van der Waals surface area contributed by atoms with Crippen molar-refractivity contribution in [2.24, 2.45) is 0 Å². The summed E-state index contributed by atoms with van der Waals surface area (Å²) in [6.45, 7) is 1.91. The lowest BCUT2D eigenvalue weighted by Crippen LogP contribution is -2.35. The van der Waals surface area contributed by atoms with E-state index in [4.69, 9.17) is 26.4 Å². The zero-order valence-corrected chi connectivity index (χ0v) is 20.7. The topological polar surface area (TPSA) is 97.9 Å². The van der Waals surface area contributed by atoms with Crippen LogP contribution in [0.1, 0.15) is 39.2 Å². The maximum atomic E-state index is 13.0. The first-order chi connectivity index (χ1) is 16.9. The summed E-state index contributed by atoms with van der Waals surface area (Å²) in [5.41, 5.74) is 2.09. The molecule has 0 aromatic heterocycles. The summed E-state index contributed by atoms with van der Waals surface area (Å²) >= 11 is 5.33. The molecule has 0 aliphatic rings. The highest BCUT2D eigenvalue weighted by atomic mass is 32.1. The van der Waals surface area contributed by atoms with Gasteiger partial charge in [-0.15, -0.1) is 0 Å². The smallest absolute Gasteiger partial charge is 0.257 e. The molecule has 0 aliphatic heterocycles. The van der Waals surface area contributed by atoms with Crippen molar-refractivity contribution in [2.45, 2.75) is 13.0 Å². The SMILES string of the molecule is COc1cc(C(=O)NC(=S)Nc2ccccc2C(=O)NC(C)c2ccccc2)cc(OC)c1OC. The van der Waals surface area contributed by atoms with E-state index in [1.165, 1.54) is 33.5 Å². The van der Waals surface area contributed by atoms with Crippen molar-refractivity contribution in [3.63, 3.8) is 0 Å². The highest BCUT2D eigenvalue weighted by Gasteiger charge is 2.19. The third kappa shape index (κ3) is 6.27. The molecule has 3 N–H and O–H groups in total.